The highest BCUT2D eigenvalue weighted by molar-refractivity contribution is 7.11. The number of hydrogen-bond donors (Lipinski definition) is 0. The maximum atomic E-state index is 12.5. The molecule has 3 nitrogen and oxygen atoms in total. The average Bonchev–Trinajstić information content (AvgIpc) is 3.14. The number of aryl methyl sites for hydroxylation is 4. The van der Waals surface area contributed by atoms with Crippen LogP contribution in [0, 0.1) is 12.3 Å². The smallest absolute Gasteiger partial charge is 0.223 e. The predicted molar refractivity (Wildman–Crippen MR) is 117 cm³/mol. The minimum Gasteiger partial charge on any atom is -0.378 e. The SMILES string of the molecule is Cc1ccc(CCc2ccc(CCC(C)(C)CC(=O)N3CCOCC3)s2)cc1. The van der Waals surface area contributed by atoms with Gasteiger partial charge in [-0.25, -0.2) is 0 Å². The van der Waals surface area contributed by atoms with Crippen molar-refractivity contribution >= 4 is 17.2 Å². The van der Waals surface area contributed by atoms with Gasteiger partial charge >= 0.3 is 0 Å². The Labute approximate surface area is 173 Å². The van der Waals surface area contributed by atoms with Gasteiger partial charge in [-0.1, -0.05) is 43.7 Å². The Kier molecular flexibility index (Phi) is 7.30. The summed E-state index contributed by atoms with van der Waals surface area (Å²) in [5.41, 5.74) is 2.75. The van der Waals surface area contributed by atoms with E-state index in [0.29, 0.717) is 19.6 Å². The standard InChI is InChI=1S/C24H33NO2S/c1-19-4-6-20(7-5-19)8-9-21-10-11-22(28-21)12-13-24(2,3)18-23(26)25-14-16-27-17-15-25/h4-7,10-11H,8-9,12-18H2,1-3H3. The van der Waals surface area contributed by atoms with Crippen molar-refractivity contribution in [2.24, 2.45) is 5.41 Å². The molecule has 0 aliphatic carbocycles. The Bertz CT molecular complexity index is 757. The van der Waals surface area contributed by atoms with E-state index in [-0.39, 0.29) is 11.3 Å². The predicted octanol–water partition coefficient (Wildman–Crippen LogP) is 5.05. The van der Waals surface area contributed by atoms with Gasteiger partial charge in [-0.2, -0.15) is 0 Å². The summed E-state index contributed by atoms with van der Waals surface area (Å²) in [5.74, 6) is 0.276. The third kappa shape index (κ3) is 6.46. The molecule has 1 aliphatic rings. The molecule has 0 unspecified atom stereocenters. The van der Waals surface area contributed by atoms with Crippen molar-refractivity contribution in [3.63, 3.8) is 0 Å². The second-order valence-electron chi connectivity index (χ2n) is 8.69. The molecule has 0 bridgehead atoms. The summed E-state index contributed by atoms with van der Waals surface area (Å²) in [6.07, 6.45) is 4.92. The van der Waals surface area contributed by atoms with Crippen molar-refractivity contribution in [1.29, 1.82) is 0 Å². The fraction of sp³-hybridized carbons (Fsp3) is 0.542. The molecule has 0 spiro atoms. The first-order chi connectivity index (χ1) is 13.4. The van der Waals surface area contributed by atoms with E-state index >= 15 is 0 Å². The second kappa shape index (κ2) is 9.71. The topological polar surface area (TPSA) is 29.5 Å². The lowest BCUT2D eigenvalue weighted by molar-refractivity contribution is -0.137. The van der Waals surface area contributed by atoms with Crippen LogP contribution in [0.2, 0.25) is 0 Å². The lowest BCUT2D eigenvalue weighted by Gasteiger charge is -2.31. The first kappa shape index (κ1) is 21.1. The van der Waals surface area contributed by atoms with Gasteiger partial charge in [-0.3, -0.25) is 4.79 Å². The molecule has 1 aromatic heterocycles. The summed E-state index contributed by atoms with van der Waals surface area (Å²) in [4.78, 5) is 17.4. The largest absolute Gasteiger partial charge is 0.378 e. The third-order valence-corrected chi connectivity index (χ3v) is 6.74. The van der Waals surface area contributed by atoms with Crippen LogP contribution in [-0.2, 0) is 28.8 Å². The van der Waals surface area contributed by atoms with E-state index < -0.39 is 0 Å². The van der Waals surface area contributed by atoms with E-state index in [1.807, 2.05) is 16.2 Å². The lowest BCUT2D eigenvalue weighted by atomic mass is 9.83. The van der Waals surface area contributed by atoms with Gasteiger partial charge in [0.05, 0.1) is 13.2 Å². The molecule has 1 aliphatic heterocycles. The monoisotopic (exact) mass is 399 g/mol. The number of carbonyl (C=O) groups is 1. The van der Waals surface area contributed by atoms with Crippen molar-refractivity contribution in [2.45, 2.75) is 52.9 Å². The molecule has 4 heteroatoms. The molecule has 2 heterocycles. The van der Waals surface area contributed by atoms with Crippen LogP contribution in [0.3, 0.4) is 0 Å². The van der Waals surface area contributed by atoms with Crippen LogP contribution in [0.25, 0.3) is 0 Å². The van der Waals surface area contributed by atoms with Gasteiger partial charge in [0.15, 0.2) is 0 Å². The molecule has 1 aromatic carbocycles. The number of hydrogen-bond acceptors (Lipinski definition) is 3. The van der Waals surface area contributed by atoms with Crippen LogP contribution < -0.4 is 0 Å². The van der Waals surface area contributed by atoms with Crippen molar-refractivity contribution in [3.05, 3.63) is 57.3 Å². The van der Waals surface area contributed by atoms with E-state index in [9.17, 15) is 4.79 Å². The van der Waals surface area contributed by atoms with Crippen LogP contribution >= 0.6 is 11.3 Å². The molecular formula is C24H33NO2S. The summed E-state index contributed by atoms with van der Waals surface area (Å²) in [6, 6.07) is 13.4. The van der Waals surface area contributed by atoms with Crippen LogP contribution in [0.5, 0.6) is 0 Å². The van der Waals surface area contributed by atoms with Gasteiger partial charge in [-0.05, 0) is 55.7 Å². The number of nitrogens with zero attached hydrogens (tertiary/aromatic N) is 1. The van der Waals surface area contributed by atoms with Gasteiger partial charge in [0, 0.05) is 29.3 Å². The highest BCUT2D eigenvalue weighted by atomic mass is 32.1. The molecule has 1 fully saturated rings. The molecule has 152 valence electrons. The van der Waals surface area contributed by atoms with E-state index in [1.54, 1.807) is 0 Å². The number of ether oxygens (including phenoxy) is 1. The summed E-state index contributed by atoms with van der Waals surface area (Å²) in [7, 11) is 0. The van der Waals surface area contributed by atoms with E-state index in [0.717, 1.165) is 38.8 Å². The summed E-state index contributed by atoms with van der Waals surface area (Å²) in [6.45, 7) is 9.40. The Balaban J connectivity index is 1.44. The Hall–Kier alpha value is -1.65. The van der Waals surface area contributed by atoms with E-state index in [2.05, 4.69) is 57.2 Å². The zero-order valence-corrected chi connectivity index (χ0v) is 18.3. The average molecular weight is 400 g/mol. The van der Waals surface area contributed by atoms with Gasteiger partial charge in [-0.15, -0.1) is 11.3 Å². The third-order valence-electron chi connectivity index (χ3n) is 5.54. The van der Waals surface area contributed by atoms with Crippen molar-refractivity contribution in [2.75, 3.05) is 26.3 Å². The number of benzene rings is 1. The number of carbonyl (C=O) groups excluding carboxylic acids is 1. The number of amides is 1. The van der Waals surface area contributed by atoms with Crippen LogP contribution in [0.4, 0.5) is 0 Å². The minimum absolute atomic E-state index is 0.0292. The molecule has 1 saturated heterocycles. The zero-order chi connectivity index (χ0) is 20.0. The highest BCUT2D eigenvalue weighted by Crippen LogP contribution is 2.30. The molecule has 3 rings (SSSR count). The van der Waals surface area contributed by atoms with E-state index in [4.69, 9.17) is 4.74 Å². The molecule has 0 N–H and O–H groups in total. The molecule has 0 saturated carbocycles. The Morgan fingerprint density at radius 2 is 1.64 bits per heavy atom. The molecule has 1 amide bonds. The number of thiophene rings is 1. The summed E-state index contributed by atoms with van der Waals surface area (Å²) < 4.78 is 5.35. The van der Waals surface area contributed by atoms with Gasteiger partial charge in [0.25, 0.3) is 0 Å². The van der Waals surface area contributed by atoms with Gasteiger partial charge < -0.3 is 9.64 Å². The fourth-order valence-corrected chi connectivity index (χ4v) is 4.61. The van der Waals surface area contributed by atoms with Crippen LogP contribution in [-0.4, -0.2) is 37.1 Å². The van der Waals surface area contributed by atoms with Crippen molar-refractivity contribution in [1.82, 2.24) is 4.90 Å². The van der Waals surface area contributed by atoms with Gasteiger partial charge in [0.2, 0.25) is 5.91 Å². The number of rotatable bonds is 8. The van der Waals surface area contributed by atoms with Crippen molar-refractivity contribution < 1.29 is 9.53 Å². The molecular weight excluding hydrogens is 366 g/mol. The summed E-state index contributed by atoms with van der Waals surface area (Å²) in [5, 5.41) is 0. The lowest BCUT2D eigenvalue weighted by Crippen LogP contribution is -2.42. The zero-order valence-electron chi connectivity index (χ0n) is 17.5. The minimum atomic E-state index is 0.0292. The maximum absolute atomic E-state index is 12.5. The van der Waals surface area contributed by atoms with E-state index in [1.165, 1.54) is 20.9 Å². The van der Waals surface area contributed by atoms with Gasteiger partial charge in [0.1, 0.15) is 0 Å². The highest BCUT2D eigenvalue weighted by Gasteiger charge is 2.26. The first-order valence-electron chi connectivity index (χ1n) is 10.4. The molecule has 28 heavy (non-hydrogen) atoms. The maximum Gasteiger partial charge on any atom is 0.223 e. The van der Waals surface area contributed by atoms with Crippen LogP contribution in [0.1, 0.15) is 47.6 Å². The normalized spacial score (nSPS) is 15.0. The quantitative estimate of drug-likeness (QED) is 0.622. The number of morpholine rings is 1. The molecule has 0 radical (unpaired) electrons. The second-order valence-corrected chi connectivity index (χ2v) is 9.94. The Morgan fingerprint density at radius 1 is 1.00 bits per heavy atom. The molecule has 0 atom stereocenters. The Morgan fingerprint density at radius 3 is 2.32 bits per heavy atom. The van der Waals surface area contributed by atoms with Crippen molar-refractivity contribution in [3.8, 4) is 0 Å². The first-order valence-corrected chi connectivity index (χ1v) is 11.2. The fourth-order valence-electron chi connectivity index (χ4n) is 3.60. The molecule has 2 aromatic rings. The summed E-state index contributed by atoms with van der Waals surface area (Å²) >= 11 is 1.93. The van der Waals surface area contributed by atoms with Crippen LogP contribution in [0.15, 0.2) is 36.4 Å².